The third-order valence-corrected chi connectivity index (χ3v) is 5.03. The number of anilines is 1. The standard InChI is InChI=1S/C18H20F2N6O3/c1-9-7-25(8-10(2)27-9)6-5-13-22-16-11-3-4-12-15(29-18(19,20)28-12)14(11)23-17(21)26(16)24-13/h3-4,9-10H,5-8H2,1-2H3,(H2,21,23). The van der Waals surface area contributed by atoms with Crippen molar-refractivity contribution in [3.05, 3.63) is 18.0 Å². The fourth-order valence-corrected chi connectivity index (χ4v) is 3.97. The first-order chi connectivity index (χ1) is 13.8. The summed E-state index contributed by atoms with van der Waals surface area (Å²) in [5, 5.41) is 4.95. The largest absolute Gasteiger partial charge is 0.586 e. The number of aromatic nitrogens is 4. The van der Waals surface area contributed by atoms with Crippen molar-refractivity contribution in [2.45, 2.75) is 38.8 Å². The molecule has 29 heavy (non-hydrogen) atoms. The molecule has 2 unspecified atom stereocenters. The molecule has 5 rings (SSSR count). The zero-order valence-electron chi connectivity index (χ0n) is 15.9. The second-order valence-electron chi connectivity index (χ2n) is 7.46. The van der Waals surface area contributed by atoms with Crippen molar-refractivity contribution in [2.24, 2.45) is 0 Å². The van der Waals surface area contributed by atoms with E-state index in [1.807, 2.05) is 0 Å². The van der Waals surface area contributed by atoms with Crippen LogP contribution in [0.25, 0.3) is 16.6 Å². The van der Waals surface area contributed by atoms with Gasteiger partial charge in [0.15, 0.2) is 23.0 Å². The van der Waals surface area contributed by atoms with E-state index in [2.05, 4.69) is 43.3 Å². The molecule has 2 aromatic heterocycles. The van der Waals surface area contributed by atoms with Gasteiger partial charge in [0.05, 0.1) is 12.2 Å². The van der Waals surface area contributed by atoms with Crippen molar-refractivity contribution in [3.63, 3.8) is 0 Å². The summed E-state index contributed by atoms with van der Waals surface area (Å²) in [6.45, 7) is 6.58. The van der Waals surface area contributed by atoms with Gasteiger partial charge >= 0.3 is 6.29 Å². The fourth-order valence-electron chi connectivity index (χ4n) is 3.97. The lowest BCUT2D eigenvalue weighted by Gasteiger charge is -2.35. The summed E-state index contributed by atoms with van der Waals surface area (Å²) >= 11 is 0. The molecular weight excluding hydrogens is 386 g/mol. The number of rotatable bonds is 3. The van der Waals surface area contributed by atoms with Crippen LogP contribution in [-0.4, -0.2) is 62.6 Å². The molecule has 0 radical (unpaired) electrons. The number of nitrogen functional groups attached to an aromatic ring is 1. The van der Waals surface area contributed by atoms with Crippen LogP contribution in [0.15, 0.2) is 12.1 Å². The molecular formula is C18H20F2N6O3. The molecule has 2 N–H and O–H groups in total. The number of nitrogens with zero attached hydrogens (tertiary/aromatic N) is 5. The third kappa shape index (κ3) is 3.19. The molecule has 1 saturated heterocycles. The Morgan fingerprint density at radius 2 is 1.93 bits per heavy atom. The molecule has 9 nitrogen and oxygen atoms in total. The first kappa shape index (κ1) is 18.3. The molecule has 11 heteroatoms. The van der Waals surface area contributed by atoms with Gasteiger partial charge in [0.2, 0.25) is 5.95 Å². The zero-order valence-corrected chi connectivity index (χ0v) is 15.9. The van der Waals surface area contributed by atoms with E-state index in [9.17, 15) is 8.78 Å². The van der Waals surface area contributed by atoms with E-state index in [0.29, 0.717) is 23.3 Å². The van der Waals surface area contributed by atoms with Crippen LogP contribution in [0, 0.1) is 0 Å². The van der Waals surface area contributed by atoms with E-state index >= 15 is 0 Å². The average molecular weight is 406 g/mol. The minimum atomic E-state index is -3.73. The normalized spacial score (nSPS) is 23.9. The van der Waals surface area contributed by atoms with Crippen LogP contribution >= 0.6 is 0 Å². The number of nitrogens with two attached hydrogens (primary N) is 1. The molecule has 1 aromatic carbocycles. The SMILES string of the molecule is CC1CN(CCc2nc3c4ccc5c(c4nc(N)n3n2)OC(F)(F)O5)CC(C)O1. The molecule has 0 saturated carbocycles. The third-order valence-electron chi connectivity index (χ3n) is 5.03. The molecule has 0 aliphatic carbocycles. The number of ether oxygens (including phenoxy) is 3. The number of hydrogen-bond acceptors (Lipinski definition) is 8. The molecule has 0 spiro atoms. The van der Waals surface area contributed by atoms with Gasteiger partial charge in [-0.15, -0.1) is 13.9 Å². The predicted octanol–water partition coefficient (Wildman–Crippen LogP) is 1.83. The Morgan fingerprint density at radius 3 is 2.69 bits per heavy atom. The van der Waals surface area contributed by atoms with Gasteiger partial charge < -0.3 is 19.9 Å². The van der Waals surface area contributed by atoms with Crippen molar-refractivity contribution in [1.29, 1.82) is 0 Å². The van der Waals surface area contributed by atoms with Gasteiger partial charge in [-0.2, -0.15) is 4.52 Å². The lowest BCUT2D eigenvalue weighted by molar-refractivity contribution is -0.286. The van der Waals surface area contributed by atoms with Crippen LogP contribution in [0.5, 0.6) is 11.5 Å². The van der Waals surface area contributed by atoms with E-state index in [4.69, 9.17) is 10.5 Å². The summed E-state index contributed by atoms with van der Waals surface area (Å²) in [6.07, 6.45) is -2.76. The van der Waals surface area contributed by atoms with Crippen molar-refractivity contribution in [3.8, 4) is 11.5 Å². The van der Waals surface area contributed by atoms with Gasteiger partial charge in [0.1, 0.15) is 5.52 Å². The van der Waals surface area contributed by atoms with Gasteiger partial charge in [-0.3, -0.25) is 4.90 Å². The Kier molecular flexibility index (Phi) is 4.00. The van der Waals surface area contributed by atoms with E-state index in [0.717, 1.165) is 19.6 Å². The lowest BCUT2D eigenvalue weighted by atomic mass is 10.2. The van der Waals surface area contributed by atoms with E-state index in [1.165, 1.54) is 10.6 Å². The first-order valence-corrected chi connectivity index (χ1v) is 9.40. The van der Waals surface area contributed by atoms with Gasteiger partial charge in [-0.25, -0.2) is 9.97 Å². The fraction of sp³-hybridized carbons (Fsp3) is 0.500. The summed E-state index contributed by atoms with van der Waals surface area (Å²) < 4.78 is 43.2. The Labute approximate surface area is 164 Å². The average Bonchev–Trinajstić information content (AvgIpc) is 3.19. The summed E-state index contributed by atoms with van der Waals surface area (Å²) in [6, 6.07) is 3.01. The number of alkyl halides is 2. The molecule has 2 aliphatic rings. The number of hydrogen-bond donors (Lipinski definition) is 1. The maximum absolute atomic E-state index is 13.5. The number of morpholine rings is 1. The van der Waals surface area contributed by atoms with Gasteiger partial charge in [0.25, 0.3) is 0 Å². The lowest BCUT2D eigenvalue weighted by Crippen LogP contribution is -2.46. The number of fused-ring (bicyclic) bond motifs is 5. The highest BCUT2D eigenvalue weighted by Crippen LogP contribution is 2.45. The maximum Gasteiger partial charge on any atom is 0.586 e. The van der Waals surface area contributed by atoms with Crippen molar-refractivity contribution >= 4 is 22.5 Å². The van der Waals surface area contributed by atoms with Crippen molar-refractivity contribution in [2.75, 3.05) is 25.4 Å². The summed E-state index contributed by atoms with van der Waals surface area (Å²) in [7, 11) is 0. The zero-order chi connectivity index (χ0) is 20.3. The van der Waals surface area contributed by atoms with Gasteiger partial charge in [-0.05, 0) is 26.0 Å². The van der Waals surface area contributed by atoms with Crippen LogP contribution in [0.1, 0.15) is 19.7 Å². The molecule has 2 atom stereocenters. The smallest absolute Gasteiger partial charge is 0.395 e. The molecule has 154 valence electrons. The number of benzene rings is 1. The van der Waals surface area contributed by atoms with E-state index < -0.39 is 6.29 Å². The highest BCUT2D eigenvalue weighted by Gasteiger charge is 2.45. The topological polar surface area (TPSA) is 100 Å². The maximum atomic E-state index is 13.5. The minimum absolute atomic E-state index is 0.0343. The molecule has 2 aliphatic heterocycles. The van der Waals surface area contributed by atoms with Crippen LogP contribution in [-0.2, 0) is 11.2 Å². The molecule has 0 amide bonds. The monoisotopic (exact) mass is 406 g/mol. The summed E-state index contributed by atoms with van der Waals surface area (Å²) in [5.41, 5.74) is 6.62. The second kappa shape index (κ2) is 6.36. The molecule has 1 fully saturated rings. The number of halogens is 2. The van der Waals surface area contributed by atoms with Gasteiger partial charge in [-0.1, -0.05) is 0 Å². The highest BCUT2D eigenvalue weighted by atomic mass is 19.3. The Bertz CT molecular complexity index is 1090. The van der Waals surface area contributed by atoms with Crippen molar-refractivity contribution < 1.29 is 23.0 Å². The summed E-state index contributed by atoms with van der Waals surface area (Å²) in [4.78, 5) is 11.1. The van der Waals surface area contributed by atoms with E-state index in [1.54, 1.807) is 6.07 Å². The highest BCUT2D eigenvalue weighted by molar-refractivity contribution is 5.97. The minimum Gasteiger partial charge on any atom is -0.395 e. The predicted molar refractivity (Wildman–Crippen MR) is 99.1 cm³/mol. The molecule has 3 aromatic rings. The molecule has 0 bridgehead atoms. The first-order valence-electron chi connectivity index (χ1n) is 9.40. The Morgan fingerprint density at radius 1 is 1.17 bits per heavy atom. The second-order valence-corrected chi connectivity index (χ2v) is 7.46. The van der Waals surface area contributed by atoms with Crippen LogP contribution in [0.3, 0.4) is 0 Å². The quantitative estimate of drug-likeness (QED) is 0.703. The van der Waals surface area contributed by atoms with Crippen molar-refractivity contribution in [1.82, 2.24) is 24.5 Å². The Hall–Kier alpha value is -2.79. The van der Waals surface area contributed by atoms with Crippen LogP contribution in [0.4, 0.5) is 14.7 Å². The van der Waals surface area contributed by atoms with Gasteiger partial charge in [0, 0.05) is 31.4 Å². The van der Waals surface area contributed by atoms with E-state index in [-0.39, 0.29) is 35.2 Å². The Balaban J connectivity index is 1.47. The van der Waals surface area contributed by atoms with Crippen LogP contribution in [0.2, 0.25) is 0 Å². The molecule has 4 heterocycles. The summed E-state index contributed by atoms with van der Waals surface area (Å²) in [5.74, 6) is 0.393. The van der Waals surface area contributed by atoms with Crippen LogP contribution < -0.4 is 15.2 Å².